The predicted molar refractivity (Wildman–Crippen MR) is 93.5 cm³/mol. The standard InChI is InChI=1S/C20H25NO2/c1-4-17(16-12-7-6-8-13-16)21-20(22)18(5-2)23-19-14-10-9-11-15(19)3/h6-14,17-18H,4-5H2,1-3H3,(H,21,22)/t17-,18-/m1/s1. The minimum absolute atomic E-state index is 0.0122. The Bertz CT molecular complexity index is 625. The molecule has 1 N–H and O–H groups in total. The van der Waals surface area contributed by atoms with Crippen molar-refractivity contribution < 1.29 is 9.53 Å². The molecule has 0 spiro atoms. The first-order valence-electron chi connectivity index (χ1n) is 8.23. The lowest BCUT2D eigenvalue weighted by Crippen LogP contribution is -2.40. The first kappa shape index (κ1) is 17.1. The van der Waals surface area contributed by atoms with E-state index in [9.17, 15) is 4.79 Å². The lowest BCUT2D eigenvalue weighted by atomic mass is 10.0. The summed E-state index contributed by atoms with van der Waals surface area (Å²) in [6.07, 6.45) is 0.996. The van der Waals surface area contributed by atoms with Crippen molar-refractivity contribution >= 4 is 5.91 Å². The third-order valence-electron chi connectivity index (χ3n) is 3.95. The smallest absolute Gasteiger partial charge is 0.261 e. The number of ether oxygens (including phenoxy) is 1. The Balaban J connectivity index is 2.06. The van der Waals surface area contributed by atoms with Gasteiger partial charge in [0.25, 0.3) is 5.91 Å². The molecular formula is C20H25NO2. The van der Waals surface area contributed by atoms with Crippen molar-refractivity contribution in [1.82, 2.24) is 5.32 Å². The second-order valence-corrected chi connectivity index (χ2v) is 5.66. The highest BCUT2D eigenvalue weighted by Crippen LogP contribution is 2.20. The average Bonchev–Trinajstić information content (AvgIpc) is 2.59. The highest BCUT2D eigenvalue weighted by atomic mass is 16.5. The number of carbonyl (C=O) groups is 1. The molecule has 0 aromatic heterocycles. The zero-order valence-electron chi connectivity index (χ0n) is 14.1. The van der Waals surface area contributed by atoms with Crippen LogP contribution in [0.25, 0.3) is 0 Å². The molecule has 23 heavy (non-hydrogen) atoms. The van der Waals surface area contributed by atoms with Gasteiger partial charge in [0.15, 0.2) is 6.10 Å². The summed E-state index contributed by atoms with van der Waals surface area (Å²) in [6.45, 7) is 6.02. The SMILES string of the molecule is CC[C@@H](Oc1ccccc1C)C(=O)N[C@H](CC)c1ccccc1. The van der Waals surface area contributed by atoms with Gasteiger partial charge < -0.3 is 10.1 Å². The predicted octanol–water partition coefficient (Wildman–Crippen LogP) is 4.42. The topological polar surface area (TPSA) is 38.3 Å². The fraction of sp³-hybridized carbons (Fsp3) is 0.350. The van der Waals surface area contributed by atoms with Crippen LogP contribution in [0, 0.1) is 6.92 Å². The van der Waals surface area contributed by atoms with Gasteiger partial charge in [-0.1, -0.05) is 62.4 Å². The van der Waals surface area contributed by atoms with Gasteiger partial charge in [-0.3, -0.25) is 4.79 Å². The largest absolute Gasteiger partial charge is 0.480 e. The molecule has 122 valence electrons. The van der Waals surface area contributed by atoms with Crippen LogP contribution in [0.3, 0.4) is 0 Å². The molecule has 0 saturated carbocycles. The van der Waals surface area contributed by atoms with Crippen molar-refractivity contribution in [3.05, 3.63) is 65.7 Å². The van der Waals surface area contributed by atoms with Crippen LogP contribution in [0.5, 0.6) is 5.75 Å². The van der Waals surface area contributed by atoms with Crippen LogP contribution in [0.1, 0.15) is 43.9 Å². The normalized spacial score (nSPS) is 13.2. The molecule has 0 aliphatic carbocycles. The third-order valence-corrected chi connectivity index (χ3v) is 3.95. The number of hydrogen-bond donors (Lipinski definition) is 1. The van der Waals surface area contributed by atoms with Gasteiger partial charge in [-0.15, -0.1) is 0 Å². The fourth-order valence-electron chi connectivity index (χ4n) is 2.54. The molecule has 3 heteroatoms. The Hall–Kier alpha value is -2.29. The molecule has 0 radical (unpaired) electrons. The van der Waals surface area contributed by atoms with Gasteiger partial charge in [-0.05, 0) is 37.0 Å². The van der Waals surface area contributed by atoms with Crippen molar-refractivity contribution in [3.63, 3.8) is 0 Å². The molecule has 2 rings (SSSR count). The van der Waals surface area contributed by atoms with Crippen LogP contribution in [0.4, 0.5) is 0 Å². The van der Waals surface area contributed by atoms with Crippen LogP contribution < -0.4 is 10.1 Å². The fourth-order valence-corrected chi connectivity index (χ4v) is 2.54. The molecule has 0 aliphatic heterocycles. The molecule has 0 heterocycles. The highest BCUT2D eigenvalue weighted by Gasteiger charge is 2.22. The summed E-state index contributed by atoms with van der Waals surface area (Å²) in [5.74, 6) is 0.703. The van der Waals surface area contributed by atoms with Gasteiger partial charge in [0, 0.05) is 0 Å². The lowest BCUT2D eigenvalue weighted by molar-refractivity contribution is -0.129. The maximum atomic E-state index is 12.6. The summed E-state index contributed by atoms with van der Waals surface area (Å²) in [5.41, 5.74) is 2.16. The number of nitrogens with one attached hydrogen (secondary N) is 1. The summed E-state index contributed by atoms with van der Waals surface area (Å²) in [5, 5.41) is 3.11. The molecule has 0 unspecified atom stereocenters. The van der Waals surface area contributed by atoms with Gasteiger partial charge in [-0.25, -0.2) is 0 Å². The lowest BCUT2D eigenvalue weighted by Gasteiger charge is -2.23. The van der Waals surface area contributed by atoms with E-state index in [1.807, 2.05) is 68.4 Å². The minimum Gasteiger partial charge on any atom is -0.480 e. The zero-order chi connectivity index (χ0) is 16.7. The van der Waals surface area contributed by atoms with Crippen molar-refractivity contribution in [2.75, 3.05) is 0 Å². The summed E-state index contributed by atoms with van der Waals surface area (Å²) in [7, 11) is 0. The van der Waals surface area contributed by atoms with Crippen molar-refractivity contribution in [1.29, 1.82) is 0 Å². The second kappa shape index (κ2) is 8.37. The van der Waals surface area contributed by atoms with E-state index in [4.69, 9.17) is 4.74 Å². The monoisotopic (exact) mass is 311 g/mol. The third kappa shape index (κ3) is 4.59. The van der Waals surface area contributed by atoms with E-state index in [-0.39, 0.29) is 11.9 Å². The number of amides is 1. The zero-order valence-corrected chi connectivity index (χ0v) is 14.1. The van der Waals surface area contributed by atoms with Crippen LogP contribution in [0.2, 0.25) is 0 Å². The molecule has 0 bridgehead atoms. The van der Waals surface area contributed by atoms with E-state index < -0.39 is 6.10 Å². The van der Waals surface area contributed by atoms with E-state index in [1.165, 1.54) is 0 Å². The van der Waals surface area contributed by atoms with Crippen molar-refractivity contribution in [2.45, 2.75) is 45.8 Å². The Morgan fingerprint density at radius 2 is 1.65 bits per heavy atom. The number of benzene rings is 2. The average molecular weight is 311 g/mol. The molecule has 0 fully saturated rings. The van der Waals surface area contributed by atoms with E-state index in [0.29, 0.717) is 6.42 Å². The molecule has 3 nitrogen and oxygen atoms in total. The molecule has 2 aromatic carbocycles. The van der Waals surface area contributed by atoms with Crippen LogP contribution in [-0.4, -0.2) is 12.0 Å². The van der Waals surface area contributed by atoms with Crippen LogP contribution in [0.15, 0.2) is 54.6 Å². The maximum absolute atomic E-state index is 12.6. The summed E-state index contributed by atoms with van der Waals surface area (Å²) in [6, 6.07) is 17.8. The molecule has 2 aromatic rings. The number of rotatable bonds is 7. The van der Waals surface area contributed by atoms with E-state index in [2.05, 4.69) is 12.2 Å². The molecule has 0 aliphatic rings. The van der Waals surface area contributed by atoms with E-state index >= 15 is 0 Å². The quantitative estimate of drug-likeness (QED) is 0.822. The van der Waals surface area contributed by atoms with Gasteiger partial charge in [-0.2, -0.15) is 0 Å². The first-order valence-corrected chi connectivity index (χ1v) is 8.23. The van der Waals surface area contributed by atoms with Crippen LogP contribution >= 0.6 is 0 Å². The summed E-state index contributed by atoms with van der Waals surface area (Å²) in [4.78, 5) is 12.6. The summed E-state index contributed by atoms with van der Waals surface area (Å²) >= 11 is 0. The highest BCUT2D eigenvalue weighted by molar-refractivity contribution is 5.81. The van der Waals surface area contributed by atoms with E-state index in [0.717, 1.165) is 23.3 Å². The number of para-hydroxylation sites is 1. The van der Waals surface area contributed by atoms with Gasteiger partial charge in [0.05, 0.1) is 6.04 Å². The summed E-state index contributed by atoms with van der Waals surface area (Å²) < 4.78 is 5.93. The first-order chi connectivity index (χ1) is 11.2. The van der Waals surface area contributed by atoms with Gasteiger partial charge in [0.2, 0.25) is 0 Å². The minimum atomic E-state index is -0.478. The van der Waals surface area contributed by atoms with Crippen molar-refractivity contribution in [3.8, 4) is 5.75 Å². The molecule has 2 atom stereocenters. The van der Waals surface area contributed by atoms with E-state index in [1.54, 1.807) is 0 Å². The van der Waals surface area contributed by atoms with Crippen LogP contribution in [-0.2, 0) is 4.79 Å². The number of carbonyl (C=O) groups excluding carboxylic acids is 1. The number of aryl methyl sites for hydroxylation is 1. The van der Waals surface area contributed by atoms with Gasteiger partial charge >= 0.3 is 0 Å². The Labute approximate surface area is 138 Å². The second-order valence-electron chi connectivity index (χ2n) is 5.66. The molecule has 0 saturated heterocycles. The Morgan fingerprint density at radius 3 is 2.26 bits per heavy atom. The van der Waals surface area contributed by atoms with Gasteiger partial charge in [0.1, 0.15) is 5.75 Å². The Kier molecular flexibility index (Phi) is 6.21. The van der Waals surface area contributed by atoms with Crippen molar-refractivity contribution in [2.24, 2.45) is 0 Å². The molecule has 1 amide bonds. The Morgan fingerprint density at radius 1 is 1.00 bits per heavy atom. The molecular weight excluding hydrogens is 286 g/mol. The number of hydrogen-bond acceptors (Lipinski definition) is 2. The maximum Gasteiger partial charge on any atom is 0.261 e.